The number of amides is 1. The molecule has 3 N–H and O–H groups in total. The molecule has 1 aromatic carbocycles. The Kier molecular flexibility index (Phi) is 4.04. The molecule has 5 nitrogen and oxygen atoms in total. The molecule has 0 aliphatic carbocycles. The van der Waals surface area contributed by atoms with Gasteiger partial charge in [0.2, 0.25) is 0 Å². The Hall–Kier alpha value is -2.27. The maximum atomic E-state index is 12.9. The van der Waals surface area contributed by atoms with Crippen LogP contribution in [0.15, 0.2) is 36.4 Å². The molecule has 5 heteroatoms. The molecule has 132 valence electrons. The molecular weight excluding hydrogens is 312 g/mol. The number of piperidine rings is 3. The number of benzene rings is 1. The standard InChI is InChI=1S/C20H26N4O/c1-13-19(15-9-11-24(13)12-10-15)22-20(25)18-8-7-17(23(18)2)14-3-5-16(21)6-4-14/h3-8,13,15,19H,9-12,21H2,1-2H3,(H,22,25)/t13-,19-/m0/s1. The van der Waals surface area contributed by atoms with Crippen molar-refractivity contribution in [2.75, 3.05) is 18.8 Å². The summed E-state index contributed by atoms with van der Waals surface area (Å²) < 4.78 is 1.97. The minimum absolute atomic E-state index is 0.0230. The third kappa shape index (κ3) is 2.82. The van der Waals surface area contributed by atoms with Crippen molar-refractivity contribution in [1.82, 2.24) is 14.8 Å². The number of nitrogens with one attached hydrogen (secondary N) is 1. The molecule has 3 fully saturated rings. The highest BCUT2D eigenvalue weighted by Gasteiger charge is 2.40. The van der Waals surface area contributed by atoms with Gasteiger partial charge in [-0.15, -0.1) is 0 Å². The van der Waals surface area contributed by atoms with Crippen LogP contribution in [-0.4, -0.2) is 40.5 Å². The number of nitrogens with zero attached hydrogens (tertiary/aromatic N) is 2. The number of aromatic nitrogens is 1. The molecule has 0 saturated carbocycles. The molecule has 25 heavy (non-hydrogen) atoms. The third-order valence-corrected chi connectivity index (χ3v) is 6.04. The Labute approximate surface area is 148 Å². The number of nitrogen functional groups attached to an aromatic ring is 1. The molecule has 2 atom stereocenters. The zero-order valence-electron chi connectivity index (χ0n) is 14.9. The van der Waals surface area contributed by atoms with Gasteiger partial charge in [-0.25, -0.2) is 0 Å². The molecule has 0 radical (unpaired) electrons. The van der Waals surface area contributed by atoms with E-state index < -0.39 is 0 Å². The summed E-state index contributed by atoms with van der Waals surface area (Å²) in [5, 5.41) is 3.31. The summed E-state index contributed by atoms with van der Waals surface area (Å²) in [5.41, 5.74) is 9.30. The van der Waals surface area contributed by atoms with E-state index in [0.29, 0.717) is 17.7 Å². The van der Waals surface area contributed by atoms with Crippen molar-refractivity contribution in [3.63, 3.8) is 0 Å². The van der Waals surface area contributed by atoms with E-state index in [9.17, 15) is 4.79 Å². The van der Waals surface area contributed by atoms with Crippen LogP contribution in [-0.2, 0) is 7.05 Å². The van der Waals surface area contributed by atoms with Crippen LogP contribution in [0.2, 0.25) is 0 Å². The smallest absolute Gasteiger partial charge is 0.268 e. The normalized spacial score (nSPS) is 28.1. The van der Waals surface area contributed by atoms with E-state index in [1.165, 1.54) is 25.9 Å². The van der Waals surface area contributed by atoms with E-state index in [-0.39, 0.29) is 11.9 Å². The van der Waals surface area contributed by atoms with Crippen LogP contribution in [0.4, 0.5) is 5.69 Å². The number of anilines is 1. The van der Waals surface area contributed by atoms with Crippen LogP contribution in [0, 0.1) is 5.92 Å². The van der Waals surface area contributed by atoms with Gasteiger partial charge in [0.1, 0.15) is 5.69 Å². The average molecular weight is 338 g/mol. The van der Waals surface area contributed by atoms with Gasteiger partial charge in [0.25, 0.3) is 5.91 Å². The maximum Gasteiger partial charge on any atom is 0.268 e. The monoisotopic (exact) mass is 338 g/mol. The molecule has 1 aromatic heterocycles. The van der Waals surface area contributed by atoms with Gasteiger partial charge >= 0.3 is 0 Å². The van der Waals surface area contributed by atoms with Crippen molar-refractivity contribution in [2.45, 2.75) is 31.8 Å². The van der Waals surface area contributed by atoms with Crippen molar-refractivity contribution in [3.05, 3.63) is 42.1 Å². The van der Waals surface area contributed by atoms with Gasteiger partial charge in [-0.2, -0.15) is 0 Å². The summed E-state index contributed by atoms with van der Waals surface area (Å²) in [6, 6.07) is 12.3. The average Bonchev–Trinajstić information content (AvgIpc) is 3.01. The first kappa shape index (κ1) is 16.2. The first-order valence-electron chi connectivity index (χ1n) is 9.11. The summed E-state index contributed by atoms with van der Waals surface area (Å²) >= 11 is 0. The Bertz CT molecular complexity index is 769. The Morgan fingerprint density at radius 1 is 1.12 bits per heavy atom. The number of carbonyl (C=O) groups is 1. The summed E-state index contributed by atoms with van der Waals surface area (Å²) in [7, 11) is 1.94. The van der Waals surface area contributed by atoms with Gasteiger partial charge in [0, 0.05) is 30.5 Å². The van der Waals surface area contributed by atoms with Crippen LogP contribution in [0.25, 0.3) is 11.3 Å². The van der Waals surface area contributed by atoms with Gasteiger partial charge < -0.3 is 15.6 Å². The summed E-state index contributed by atoms with van der Waals surface area (Å²) in [5.74, 6) is 0.635. The Morgan fingerprint density at radius 3 is 2.44 bits per heavy atom. The molecule has 3 aliphatic rings. The van der Waals surface area contributed by atoms with E-state index in [2.05, 4.69) is 17.1 Å². The maximum absolute atomic E-state index is 12.9. The largest absolute Gasteiger partial charge is 0.399 e. The lowest BCUT2D eigenvalue weighted by atomic mass is 9.79. The molecule has 0 spiro atoms. The van der Waals surface area contributed by atoms with Crippen LogP contribution in [0.3, 0.4) is 0 Å². The molecular formula is C20H26N4O. The number of rotatable bonds is 3. The molecule has 2 aromatic rings. The van der Waals surface area contributed by atoms with E-state index in [1.807, 2.05) is 48.0 Å². The van der Waals surface area contributed by atoms with Crippen molar-refractivity contribution in [1.29, 1.82) is 0 Å². The predicted molar refractivity (Wildman–Crippen MR) is 100 cm³/mol. The molecule has 3 saturated heterocycles. The predicted octanol–water partition coefficient (Wildman–Crippen LogP) is 2.49. The topological polar surface area (TPSA) is 63.3 Å². The zero-order valence-corrected chi connectivity index (χ0v) is 14.9. The Balaban J connectivity index is 1.54. The van der Waals surface area contributed by atoms with Crippen LogP contribution in [0.5, 0.6) is 0 Å². The quantitative estimate of drug-likeness (QED) is 0.845. The fraction of sp³-hybridized carbons (Fsp3) is 0.450. The number of carbonyl (C=O) groups excluding carboxylic acids is 1. The molecule has 5 rings (SSSR count). The van der Waals surface area contributed by atoms with Gasteiger partial charge in [0.05, 0.1) is 0 Å². The van der Waals surface area contributed by atoms with Gasteiger partial charge in [-0.1, -0.05) is 12.1 Å². The van der Waals surface area contributed by atoms with Gasteiger partial charge in [0.15, 0.2) is 0 Å². The van der Waals surface area contributed by atoms with Gasteiger partial charge in [-0.05, 0) is 68.6 Å². The van der Waals surface area contributed by atoms with E-state index in [0.717, 1.165) is 16.9 Å². The highest BCUT2D eigenvalue weighted by atomic mass is 16.2. The second-order valence-corrected chi connectivity index (χ2v) is 7.40. The summed E-state index contributed by atoms with van der Waals surface area (Å²) in [6.07, 6.45) is 2.39. The summed E-state index contributed by atoms with van der Waals surface area (Å²) in [6.45, 7) is 4.58. The lowest BCUT2D eigenvalue weighted by Gasteiger charge is -2.49. The summed E-state index contributed by atoms with van der Waals surface area (Å²) in [4.78, 5) is 15.4. The highest BCUT2D eigenvalue weighted by Crippen LogP contribution is 2.32. The van der Waals surface area contributed by atoms with Crippen LogP contribution < -0.4 is 11.1 Å². The van der Waals surface area contributed by atoms with Crippen LogP contribution in [0.1, 0.15) is 30.3 Å². The first-order valence-corrected chi connectivity index (χ1v) is 9.11. The Morgan fingerprint density at radius 2 is 1.80 bits per heavy atom. The fourth-order valence-corrected chi connectivity index (χ4v) is 4.45. The first-order chi connectivity index (χ1) is 12.0. The number of fused-ring (bicyclic) bond motifs is 3. The van der Waals surface area contributed by atoms with Crippen molar-refractivity contribution in [3.8, 4) is 11.3 Å². The minimum atomic E-state index is 0.0230. The van der Waals surface area contributed by atoms with Crippen molar-refractivity contribution < 1.29 is 4.79 Å². The second kappa shape index (κ2) is 6.23. The third-order valence-electron chi connectivity index (χ3n) is 6.04. The molecule has 2 bridgehead atoms. The van der Waals surface area contributed by atoms with Gasteiger partial charge in [-0.3, -0.25) is 9.69 Å². The molecule has 3 aliphatic heterocycles. The molecule has 4 heterocycles. The number of hydrogen-bond donors (Lipinski definition) is 2. The number of nitrogens with two attached hydrogens (primary N) is 1. The second-order valence-electron chi connectivity index (χ2n) is 7.40. The fourth-order valence-electron chi connectivity index (χ4n) is 4.45. The van der Waals surface area contributed by atoms with Crippen molar-refractivity contribution in [2.24, 2.45) is 13.0 Å². The zero-order chi connectivity index (χ0) is 17.6. The van der Waals surface area contributed by atoms with Crippen molar-refractivity contribution >= 4 is 11.6 Å². The lowest BCUT2D eigenvalue weighted by Crippen LogP contribution is -2.62. The molecule has 0 unspecified atom stereocenters. The van der Waals surface area contributed by atoms with E-state index >= 15 is 0 Å². The molecule has 1 amide bonds. The highest BCUT2D eigenvalue weighted by molar-refractivity contribution is 5.94. The SMILES string of the molecule is C[C@H]1[C@H](NC(=O)c2ccc(-c3ccc(N)cc3)n2C)C2CCN1CC2. The minimum Gasteiger partial charge on any atom is -0.399 e. The van der Waals surface area contributed by atoms with Crippen LogP contribution >= 0.6 is 0 Å². The van der Waals surface area contributed by atoms with E-state index in [1.54, 1.807) is 0 Å². The number of hydrogen-bond acceptors (Lipinski definition) is 3. The lowest BCUT2D eigenvalue weighted by molar-refractivity contribution is 0.0215. The van der Waals surface area contributed by atoms with E-state index in [4.69, 9.17) is 5.73 Å².